The van der Waals surface area contributed by atoms with E-state index >= 15 is 0 Å². The number of halogens is 3. The molecule has 0 fully saturated rings. The summed E-state index contributed by atoms with van der Waals surface area (Å²) in [7, 11) is 0. The molecule has 0 aliphatic rings. The van der Waals surface area contributed by atoms with Crippen LogP contribution in [0, 0.1) is 12.7 Å². The second kappa shape index (κ2) is 6.48. The standard InChI is InChI=1S/C14H14Br2FNS/c1-3-18-13(11-7-12(15)19-14(11)16)9-4-8(2)5-10(17)6-9/h4-7,13,18H,3H2,1-2H3. The lowest BCUT2D eigenvalue weighted by Gasteiger charge is -2.19. The van der Waals surface area contributed by atoms with E-state index in [0.29, 0.717) is 0 Å². The molecule has 1 atom stereocenters. The molecule has 102 valence electrons. The normalized spacial score (nSPS) is 12.7. The van der Waals surface area contributed by atoms with Crippen molar-refractivity contribution in [2.45, 2.75) is 19.9 Å². The van der Waals surface area contributed by atoms with E-state index < -0.39 is 0 Å². The number of nitrogens with one attached hydrogen (secondary N) is 1. The number of rotatable bonds is 4. The Morgan fingerprint density at radius 2 is 2.00 bits per heavy atom. The van der Waals surface area contributed by atoms with Gasteiger partial charge in [0, 0.05) is 0 Å². The van der Waals surface area contributed by atoms with E-state index in [1.165, 1.54) is 0 Å². The minimum atomic E-state index is -0.191. The summed E-state index contributed by atoms with van der Waals surface area (Å²) in [6.07, 6.45) is 0. The topological polar surface area (TPSA) is 12.0 Å². The maximum Gasteiger partial charge on any atom is 0.123 e. The highest BCUT2D eigenvalue weighted by Crippen LogP contribution is 2.38. The van der Waals surface area contributed by atoms with Gasteiger partial charge in [-0.25, -0.2) is 4.39 Å². The van der Waals surface area contributed by atoms with Crippen LogP contribution in [-0.2, 0) is 0 Å². The van der Waals surface area contributed by atoms with Crippen LogP contribution in [0.1, 0.15) is 29.7 Å². The summed E-state index contributed by atoms with van der Waals surface area (Å²) in [4.78, 5) is 0. The quantitative estimate of drug-likeness (QED) is 0.714. The van der Waals surface area contributed by atoms with Gasteiger partial charge >= 0.3 is 0 Å². The van der Waals surface area contributed by atoms with E-state index in [1.54, 1.807) is 23.5 Å². The second-order valence-corrected chi connectivity index (χ2v) is 8.08. The number of hydrogen-bond donors (Lipinski definition) is 1. The molecule has 1 aromatic carbocycles. The molecule has 5 heteroatoms. The molecule has 1 nitrogen and oxygen atoms in total. The fourth-order valence-electron chi connectivity index (χ4n) is 2.09. The first kappa shape index (κ1) is 15.2. The first-order valence-corrected chi connectivity index (χ1v) is 8.36. The van der Waals surface area contributed by atoms with E-state index in [-0.39, 0.29) is 11.9 Å². The summed E-state index contributed by atoms with van der Waals surface area (Å²) >= 11 is 8.69. The molecule has 0 spiro atoms. The Hall–Kier alpha value is -0.230. The van der Waals surface area contributed by atoms with Crippen molar-refractivity contribution in [3.05, 3.63) is 54.3 Å². The van der Waals surface area contributed by atoms with Crippen molar-refractivity contribution in [2.24, 2.45) is 0 Å². The molecule has 19 heavy (non-hydrogen) atoms. The largest absolute Gasteiger partial charge is 0.306 e. The Labute approximate surface area is 133 Å². The Morgan fingerprint density at radius 1 is 1.26 bits per heavy atom. The van der Waals surface area contributed by atoms with Gasteiger partial charge in [0.1, 0.15) is 5.82 Å². The number of thiophene rings is 1. The Balaban J connectivity index is 2.47. The van der Waals surface area contributed by atoms with E-state index in [4.69, 9.17) is 0 Å². The molecular weight excluding hydrogens is 393 g/mol. The summed E-state index contributed by atoms with van der Waals surface area (Å²) in [5.74, 6) is -0.191. The molecule has 2 aromatic rings. The van der Waals surface area contributed by atoms with Crippen LogP contribution in [0.2, 0.25) is 0 Å². The van der Waals surface area contributed by atoms with E-state index in [2.05, 4.69) is 50.2 Å². The lowest BCUT2D eigenvalue weighted by Crippen LogP contribution is -2.22. The molecule has 0 saturated carbocycles. The molecule has 1 aromatic heterocycles. The molecule has 1 heterocycles. The average molecular weight is 407 g/mol. The summed E-state index contributed by atoms with van der Waals surface area (Å²) in [6.45, 7) is 4.78. The predicted molar refractivity (Wildman–Crippen MR) is 86.4 cm³/mol. The summed E-state index contributed by atoms with van der Waals surface area (Å²) in [6, 6.07) is 7.23. The number of benzene rings is 1. The van der Waals surface area contributed by atoms with Crippen molar-refractivity contribution in [3.63, 3.8) is 0 Å². The second-order valence-electron chi connectivity index (χ2n) is 4.33. The van der Waals surface area contributed by atoms with Gasteiger partial charge in [0.15, 0.2) is 0 Å². The highest BCUT2D eigenvalue weighted by atomic mass is 79.9. The molecule has 0 radical (unpaired) electrons. The van der Waals surface area contributed by atoms with Gasteiger partial charge in [0.25, 0.3) is 0 Å². The average Bonchev–Trinajstić information content (AvgIpc) is 2.64. The molecule has 1 unspecified atom stereocenters. The zero-order valence-corrected chi connectivity index (χ0v) is 14.6. The van der Waals surface area contributed by atoms with Gasteiger partial charge in [-0.3, -0.25) is 0 Å². The predicted octanol–water partition coefficient (Wildman–Crippen LogP) is 5.42. The third-order valence-corrected chi connectivity index (χ3v) is 5.19. The zero-order chi connectivity index (χ0) is 14.0. The number of aryl methyl sites for hydroxylation is 1. The Kier molecular flexibility index (Phi) is 5.17. The molecule has 0 aliphatic carbocycles. The maximum absolute atomic E-state index is 13.6. The number of hydrogen-bond acceptors (Lipinski definition) is 2. The first-order valence-electron chi connectivity index (χ1n) is 5.96. The van der Waals surface area contributed by atoms with Gasteiger partial charge < -0.3 is 5.32 Å². The van der Waals surface area contributed by atoms with E-state index in [9.17, 15) is 4.39 Å². The molecular formula is C14H14Br2FNS. The third kappa shape index (κ3) is 3.66. The highest BCUT2D eigenvalue weighted by Gasteiger charge is 2.19. The van der Waals surface area contributed by atoms with Crippen molar-refractivity contribution in [2.75, 3.05) is 6.54 Å². The lowest BCUT2D eigenvalue weighted by molar-refractivity contribution is 0.602. The van der Waals surface area contributed by atoms with Crippen molar-refractivity contribution in [3.8, 4) is 0 Å². The molecule has 1 N–H and O–H groups in total. The molecule has 2 rings (SSSR count). The summed E-state index contributed by atoms with van der Waals surface area (Å²) in [5.41, 5.74) is 3.01. The fourth-order valence-corrected chi connectivity index (χ4v) is 4.99. The Morgan fingerprint density at radius 3 is 2.53 bits per heavy atom. The molecule has 0 aliphatic heterocycles. The van der Waals surface area contributed by atoms with Crippen molar-refractivity contribution < 1.29 is 4.39 Å². The van der Waals surface area contributed by atoms with Gasteiger partial charge in [-0.15, -0.1) is 11.3 Å². The van der Waals surface area contributed by atoms with Crippen LogP contribution in [0.4, 0.5) is 4.39 Å². The molecule has 0 bridgehead atoms. The van der Waals surface area contributed by atoms with Crippen LogP contribution in [0.3, 0.4) is 0 Å². The van der Waals surface area contributed by atoms with Crippen molar-refractivity contribution in [1.29, 1.82) is 0 Å². The summed E-state index contributed by atoms with van der Waals surface area (Å²) < 4.78 is 15.7. The van der Waals surface area contributed by atoms with Gasteiger partial charge in [0.2, 0.25) is 0 Å². The monoisotopic (exact) mass is 405 g/mol. The third-order valence-electron chi connectivity index (χ3n) is 2.80. The minimum Gasteiger partial charge on any atom is -0.306 e. The van der Waals surface area contributed by atoms with Gasteiger partial charge in [-0.1, -0.05) is 13.0 Å². The smallest absolute Gasteiger partial charge is 0.123 e. The SMILES string of the molecule is CCNC(c1cc(C)cc(F)c1)c1cc(Br)sc1Br. The first-order chi connectivity index (χ1) is 9.01. The minimum absolute atomic E-state index is 0.00340. The lowest BCUT2D eigenvalue weighted by atomic mass is 9.99. The van der Waals surface area contributed by atoms with Crippen LogP contribution >= 0.6 is 43.2 Å². The van der Waals surface area contributed by atoms with Crippen molar-refractivity contribution >= 4 is 43.2 Å². The molecule has 0 saturated heterocycles. The molecule has 0 amide bonds. The maximum atomic E-state index is 13.6. The van der Waals surface area contributed by atoms with Crippen molar-refractivity contribution in [1.82, 2.24) is 5.32 Å². The van der Waals surface area contributed by atoms with Crippen LogP contribution in [0.5, 0.6) is 0 Å². The zero-order valence-electron chi connectivity index (χ0n) is 10.6. The van der Waals surface area contributed by atoms with Crippen LogP contribution in [0.15, 0.2) is 31.8 Å². The highest BCUT2D eigenvalue weighted by molar-refractivity contribution is 9.12. The van der Waals surface area contributed by atoms with Gasteiger partial charge in [0.05, 0.1) is 13.6 Å². The van der Waals surface area contributed by atoms with E-state index in [1.807, 2.05) is 13.0 Å². The Bertz CT molecular complexity index is 563. The van der Waals surface area contributed by atoms with Crippen LogP contribution in [-0.4, -0.2) is 6.54 Å². The summed E-state index contributed by atoms with van der Waals surface area (Å²) in [5, 5.41) is 3.41. The van der Waals surface area contributed by atoms with Gasteiger partial charge in [-0.2, -0.15) is 0 Å². The van der Waals surface area contributed by atoms with E-state index in [0.717, 1.165) is 30.8 Å². The fraction of sp³-hybridized carbons (Fsp3) is 0.286. The van der Waals surface area contributed by atoms with Crippen LogP contribution in [0.25, 0.3) is 0 Å². The van der Waals surface area contributed by atoms with Gasteiger partial charge in [-0.05, 0) is 80.2 Å². The van der Waals surface area contributed by atoms with Crippen LogP contribution < -0.4 is 5.32 Å².